The average Bonchev–Trinajstić information content (AvgIpc) is 3.09. The second kappa shape index (κ2) is 16.4. The zero-order valence-corrected chi connectivity index (χ0v) is 28.2. The molecule has 0 radical (unpaired) electrons. The molecule has 50 heavy (non-hydrogen) atoms. The third-order valence-electron chi connectivity index (χ3n) is 6.53. The third-order valence-corrected chi connectivity index (χ3v) is 7.72. The number of rotatable bonds is 5. The van der Waals surface area contributed by atoms with Crippen LogP contribution in [-0.4, -0.2) is 46.0 Å². The van der Waals surface area contributed by atoms with Gasteiger partial charge in [-0.25, -0.2) is 19.2 Å². The molecule has 2 aromatic carbocycles. The molecule has 4 aromatic heterocycles. The van der Waals surface area contributed by atoms with Crippen LogP contribution < -0.4 is 22.2 Å². The summed E-state index contributed by atoms with van der Waals surface area (Å²) < 4.78 is 14.2. The Balaban J connectivity index is 0.000000191. The van der Waals surface area contributed by atoms with E-state index in [9.17, 15) is 33.8 Å². The Morgan fingerprint density at radius 3 is 1.74 bits per heavy atom. The maximum absolute atomic E-state index is 12.3. The first-order valence-corrected chi connectivity index (χ1v) is 15.4. The van der Waals surface area contributed by atoms with Crippen LogP contribution in [0.5, 0.6) is 11.5 Å². The van der Waals surface area contributed by atoms with Crippen LogP contribution in [0.15, 0.2) is 88.7 Å². The predicted molar refractivity (Wildman–Crippen MR) is 185 cm³/mol. The Kier molecular flexibility index (Phi) is 12.3. The van der Waals surface area contributed by atoms with E-state index in [1.54, 1.807) is 30.3 Å². The molecule has 0 fully saturated rings. The Morgan fingerprint density at radius 2 is 1.24 bits per heavy atom. The number of carboxylic acid groups (broad SMARTS) is 1. The van der Waals surface area contributed by atoms with Gasteiger partial charge in [0, 0.05) is 25.5 Å². The average molecular weight is 764 g/mol. The summed E-state index contributed by atoms with van der Waals surface area (Å²) in [5, 5.41) is 31.9. The highest BCUT2D eigenvalue weighted by atomic mass is 35.5. The number of halogens is 5. The van der Waals surface area contributed by atoms with Crippen LogP contribution in [0, 0.1) is 5.82 Å². The van der Waals surface area contributed by atoms with Crippen LogP contribution in [0.1, 0.15) is 32.1 Å². The maximum Gasteiger partial charge on any atom is 0.358 e. The van der Waals surface area contributed by atoms with Crippen LogP contribution in [0.4, 0.5) is 4.39 Å². The van der Waals surface area contributed by atoms with Gasteiger partial charge in [-0.15, -0.1) is 0 Å². The van der Waals surface area contributed by atoms with Crippen LogP contribution in [0.25, 0.3) is 11.3 Å². The quantitative estimate of drug-likeness (QED) is 0.153. The zero-order valence-electron chi connectivity index (χ0n) is 25.2. The molecule has 0 unspecified atom stereocenters. The van der Waals surface area contributed by atoms with Crippen molar-refractivity contribution in [2.24, 2.45) is 5.73 Å². The third kappa shape index (κ3) is 9.05. The molecule has 0 bridgehead atoms. The molecule has 0 aliphatic heterocycles. The van der Waals surface area contributed by atoms with Crippen LogP contribution in [-0.2, 0) is 13.1 Å². The Hall–Kier alpha value is -5.25. The molecule has 258 valence electrons. The minimum Gasteiger partial charge on any atom is -0.501 e. The standard InChI is InChI=1S/C16H10Cl3N3O3.C9H5ClN2O4.C7H8FN/c17-9-2-4-12-21-13(14(23)16(25)22(12)7-9)15(24)20-6-8-1-3-10(18)11(19)5-8;10-4-1-2-5-11-6(9(15)16)7(13)8(14)12(5)3-4;8-7-3-1-6(5-9)2-4-7/h1-5,7,23H,6H2,(H,20,24);1-3,13H,(H,15,16);1-4H,5,9H2. The fourth-order valence-corrected chi connectivity index (χ4v) is 4.69. The summed E-state index contributed by atoms with van der Waals surface area (Å²) in [5.41, 5.74) is 4.52. The number of benzene rings is 2. The highest BCUT2D eigenvalue weighted by molar-refractivity contribution is 6.42. The fraction of sp³-hybridized carbons (Fsp3) is 0.0625. The first-order chi connectivity index (χ1) is 23.7. The number of aromatic hydroxyl groups is 2. The number of pyridine rings is 2. The number of nitrogens with two attached hydrogens (primary N) is 1. The first kappa shape index (κ1) is 37.6. The summed E-state index contributed by atoms with van der Waals surface area (Å²) in [6.45, 7) is 0.594. The molecule has 0 atom stereocenters. The van der Waals surface area contributed by atoms with E-state index in [1.807, 2.05) is 0 Å². The van der Waals surface area contributed by atoms with E-state index >= 15 is 0 Å². The van der Waals surface area contributed by atoms with Crippen molar-refractivity contribution in [1.29, 1.82) is 0 Å². The van der Waals surface area contributed by atoms with E-state index in [1.165, 1.54) is 48.8 Å². The molecule has 6 N–H and O–H groups in total. The minimum atomic E-state index is -1.47. The molecule has 0 aliphatic carbocycles. The number of fused-ring (bicyclic) bond motifs is 2. The lowest BCUT2D eigenvalue weighted by atomic mass is 10.2. The number of carbonyl (C=O) groups excluding carboxylic acids is 1. The molecule has 1 amide bonds. The van der Waals surface area contributed by atoms with E-state index in [-0.39, 0.29) is 34.4 Å². The Labute approximate surface area is 300 Å². The highest BCUT2D eigenvalue weighted by Gasteiger charge is 2.19. The van der Waals surface area contributed by atoms with Gasteiger partial charge in [0.1, 0.15) is 17.1 Å². The van der Waals surface area contributed by atoms with Gasteiger partial charge in [0.2, 0.25) is 11.5 Å². The van der Waals surface area contributed by atoms with Gasteiger partial charge in [0.05, 0.1) is 20.1 Å². The number of amides is 1. The summed E-state index contributed by atoms with van der Waals surface area (Å²) in [7, 11) is 0. The summed E-state index contributed by atoms with van der Waals surface area (Å²) in [5.74, 6) is -4.05. The summed E-state index contributed by atoms with van der Waals surface area (Å²) in [4.78, 5) is 54.3. The summed E-state index contributed by atoms with van der Waals surface area (Å²) >= 11 is 23.2. The fourth-order valence-electron chi connectivity index (χ4n) is 4.05. The molecule has 18 heteroatoms. The van der Waals surface area contributed by atoms with Crippen molar-refractivity contribution >= 4 is 69.6 Å². The van der Waals surface area contributed by atoms with Crippen molar-refractivity contribution in [3.05, 3.63) is 148 Å². The molecular weight excluding hydrogens is 741 g/mol. The SMILES string of the molecule is NCc1ccc(F)cc1.O=C(NCc1ccc(Cl)c(Cl)c1)c1nc2ccc(Cl)cn2c(=O)c1O.O=C(O)c1nc2ccc(Cl)cn2c(=O)c1O. The van der Waals surface area contributed by atoms with E-state index in [0.29, 0.717) is 27.2 Å². The second-order valence-corrected chi connectivity index (χ2v) is 11.6. The number of carboxylic acids is 1. The zero-order chi connectivity index (χ0) is 36.7. The number of carbonyl (C=O) groups is 2. The van der Waals surface area contributed by atoms with Crippen LogP contribution in [0.3, 0.4) is 0 Å². The second-order valence-electron chi connectivity index (χ2n) is 9.95. The molecule has 6 rings (SSSR count). The molecule has 13 nitrogen and oxygen atoms in total. The normalized spacial score (nSPS) is 10.5. The monoisotopic (exact) mass is 762 g/mol. The molecule has 4 heterocycles. The topological polar surface area (TPSA) is 202 Å². The summed E-state index contributed by atoms with van der Waals surface area (Å²) in [6.07, 6.45) is 2.56. The number of aromatic carboxylic acids is 1. The molecule has 0 saturated heterocycles. The maximum atomic E-state index is 12.3. The summed E-state index contributed by atoms with van der Waals surface area (Å²) in [6, 6.07) is 16.9. The minimum absolute atomic E-state index is 0.101. The van der Waals surface area contributed by atoms with E-state index in [0.717, 1.165) is 14.4 Å². The number of hydrogen-bond donors (Lipinski definition) is 5. The van der Waals surface area contributed by atoms with Crippen molar-refractivity contribution in [3.8, 4) is 11.5 Å². The van der Waals surface area contributed by atoms with Gasteiger partial charge in [-0.3, -0.25) is 23.2 Å². The predicted octanol–water partition coefficient (Wildman–Crippen LogP) is 5.33. The highest BCUT2D eigenvalue weighted by Crippen LogP contribution is 2.23. The van der Waals surface area contributed by atoms with Gasteiger partial charge < -0.3 is 26.4 Å². The molecular formula is C32H23Cl4FN6O7. The smallest absolute Gasteiger partial charge is 0.358 e. The van der Waals surface area contributed by atoms with Crippen molar-refractivity contribution in [2.45, 2.75) is 13.1 Å². The van der Waals surface area contributed by atoms with Gasteiger partial charge in [0.15, 0.2) is 11.4 Å². The molecule has 6 aromatic rings. The van der Waals surface area contributed by atoms with Crippen molar-refractivity contribution in [1.82, 2.24) is 24.1 Å². The van der Waals surface area contributed by atoms with Gasteiger partial charge in [-0.2, -0.15) is 0 Å². The van der Waals surface area contributed by atoms with Crippen LogP contribution in [0.2, 0.25) is 20.1 Å². The number of nitrogens with zero attached hydrogens (tertiary/aromatic N) is 4. The lowest BCUT2D eigenvalue weighted by molar-refractivity contribution is 0.0686. The van der Waals surface area contributed by atoms with Gasteiger partial charge in [-0.1, -0.05) is 64.6 Å². The van der Waals surface area contributed by atoms with Gasteiger partial charge in [-0.05, 0) is 59.7 Å². The number of nitrogens with one attached hydrogen (secondary N) is 1. The van der Waals surface area contributed by atoms with Gasteiger partial charge >= 0.3 is 17.1 Å². The number of hydrogen-bond acceptors (Lipinski definition) is 9. The lowest BCUT2D eigenvalue weighted by Gasteiger charge is -2.09. The van der Waals surface area contributed by atoms with Crippen molar-refractivity contribution in [3.63, 3.8) is 0 Å². The van der Waals surface area contributed by atoms with E-state index in [2.05, 4.69) is 15.3 Å². The lowest BCUT2D eigenvalue weighted by Crippen LogP contribution is -2.27. The first-order valence-electron chi connectivity index (χ1n) is 13.9. The largest absolute Gasteiger partial charge is 0.501 e. The van der Waals surface area contributed by atoms with Crippen LogP contribution >= 0.6 is 46.4 Å². The van der Waals surface area contributed by atoms with E-state index < -0.39 is 40.2 Å². The molecule has 0 saturated carbocycles. The van der Waals surface area contributed by atoms with Crippen molar-refractivity contribution in [2.75, 3.05) is 0 Å². The van der Waals surface area contributed by atoms with Crippen molar-refractivity contribution < 1.29 is 29.3 Å². The van der Waals surface area contributed by atoms with Gasteiger partial charge in [0.25, 0.3) is 5.91 Å². The number of aromatic nitrogens is 4. The molecule has 0 aliphatic rings. The Morgan fingerprint density at radius 1 is 0.740 bits per heavy atom. The molecule has 0 spiro atoms. The Bertz CT molecular complexity index is 2350. The van der Waals surface area contributed by atoms with E-state index in [4.69, 9.17) is 57.2 Å².